The van der Waals surface area contributed by atoms with E-state index in [0.717, 1.165) is 17.3 Å². The molecule has 2 aromatic carbocycles. The fourth-order valence-corrected chi connectivity index (χ4v) is 3.04. The number of hydrogen-bond acceptors (Lipinski definition) is 6. The van der Waals surface area contributed by atoms with Crippen LogP contribution in [0.25, 0.3) is 0 Å². The third-order valence-electron chi connectivity index (χ3n) is 4.75. The molecule has 1 heterocycles. The van der Waals surface area contributed by atoms with Crippen molar-refractivity contribution in [1.82, 2.24) is 9.97 Å². The lowest BCUT2D eigenvalue weighted by Crippen LogP contribution is -2.20. The van der Waals surface area contributed by atoms with Gasteiger partial charge in [-0.05, 0) is 11.1 Å². The number of aliphatic hydroxyl groups is 2. The minimum atomic E-state index is -0.568. The minimum absolute atomic E-state index is 0.0292. The zero-order valence-corrected chi connectivity index (χ0v) is 16.0. The molecule has 0 unspecified atom stereocenters. The maximum atomic E-state index is 14.1. The summed E-state index contributed by atoms with van der Waals surface area (Å²) in [4.78, 5) is 8.18. The van der Waals surface area contributed by atoms with Crippen LogP contribution in [0.4, 0.5) is 16.2 Å². The normalized spacial score (nSPS) is 12.9. The standard InChI is InChI=1S/C22H25FN4O2/c23-20-13-26-22(25-12-19(15-29)17-9-5-2-6-10-17)27-21(20)24-11-18(14-28)16-7-3-1-4-8-16/h1-10,13,18-19,28-29H,11-12,14-15H2,(H2,24,25,26,27)/t18-,19-/m1/s1. The number of benzene rings is 2. The van der Waals surface area contributed by atoms with E-state index in [9.17, 15) is 14.6 Å². The van der Waals surface area contributed by atoms with E-state index in [2.05, 4.69) is 20.6 Å². The smallest absolute Gasteiger partial charge is 0.224 e. The summed E-state index contributed by atoms with van der Waals surface area (Å²) < 4.78 is 14.1. The van der Waals surface area contributed by atoms with Crippen molar-refractivity contribution in [1.29, 1.82) is 0 Å². The van der Waals surface area contributed by atoms with Crippen molar-refractivity contribution < 1.29 is 14.6 Å². The summed E-state index contributed by atoms with van der Waals surface area (Å²) in [5, 5.41) is 25.3. The first-order valence-corrected chi connectivity index (χ1v) is 9.53. The SMILES string of the molecule is OC[C@@H](CNc1ncc(F)c(NC[C@H](CO)c2ccccc2)n1)c1ccccc1. The monoisotopic (exact) mass is 396 g/mol. The van der Waals surface area contributed by atoms with Gasteiger partial charge in [-0.15, -0.1) is 0 Å². The van der Waals surface area contributed by atoms with Crippen LogP contribution in [0.3, 0.4) is 0 Å². The number of halogens is 1. The average molecular weight is 396 g/mol. The molecule has 0 aliphatic rings. The quantitative estimate of drug-likeness (QED) is 0.421. The van der Waals surface area contributed by atoms with Gasteiger partial charge < -0.3 is 20.8 Å². The molecule has 0 bridgehead atoms. The van der Waals surface area contributed by atoms with Crippen LogP contribution >= 0.6 is 0 Å². The number of aromatic nitrogens is 2. The van der Waals surface area contributed by atoms with Crippen molar-refractivity contribution >= 4 is 11.8 Å². The van der Waals surface area contributed by atoms with Crippen LogP contribution in [0, 0.1) is 5.82 Å². The molecule has 0 saturated carbocycles. The van der Waals surface area contributed by atoms with Gasteiger partial charge in [-0.1, -0.05) is 60.7 Å². The first kappa shape index (κ1) is 20.7. The van der Waals surface area contributed by atoms with E-state index < -0.39 is 5.82 Å². The maximum absolute atomic E-state index is 14.1. The Bertz CT molecular complexity index is 880. The molecule has 0 spiro atoms. The molecule has 0 aliphatic carbocycles. The Kier molecular flexibility index (Phi) is 7.49. The molecular formula is C22H25FN4O2. The van der Waals surface area contributed by atoms with Crippen molar-refractivity contribution in [3.63, 3.8) is 0 Å². The van der Waals surface area contributed by atoms with Gasteiger partial charge in [0.05, 0.1) is 19.4 Å². The highest BCUT2D eigenvalue weighted by Crippen LogP contribution is 2.19. The molecule has 29 heavy (non-hydrogen) atoms. The van der Waals surface area contributed by atoms with E-state index in [0.29, 0.717) is 13.1 Å². The van der Waals surface area contributed by atoms with Gasteiger partial charge in [0.25, 0.3) is 0 Å². The Balaban J connectivity index is 1.63. The molecule has 2 atom stereocenters. The zero-order valence-electron chi connectivity index (χ0n) is 16.0. The Morgan fingerprint density at radius 3 is 1.83 bits per heavy atom. The lowest BCUT2D eigenvalue weighted by molar-refractivity contribution is 0.269. The number of nitrogens with zero attached hydrogens (tertiary/aromatic N) is 2. The highest BCUT2D eigenvalue weighted by Gasteiger charge is 2.14. The molecule has 0 fully saturated rings. The maximum Gasteiger partial charge on any atom is 0.224 e. The third kappa shape index (κ3) is 5.73. The summed E-state index contributed by atoms with van der Waals surface area (Å²) in [6, 6.07) is 19.2. The highest BCUT2D eigenvalue weighted by molar-refractivity contribution is 5.42. The molecular weight excluding hydrogens is 371 g/mol. The van der Waals surface area contributed by atoms with Gasteiger partial charge in [0.15, 0.2) is 11.6 Å². The molecule has 7 heteroatoms. The topological polar surface area (TPSA) is 90.3 Å². The van der Waals surface area contributed by atoms with Crippen LogP contribution in [0.1, 0.15) is 23.0 Å². The van der Waals surface area contributed by atoms with Gasteiger partial charge in [0.1, 0.15) is 0 Å². The van der Waals surface area contributed by atoms with E-state index in [1.165, 1.54) is 0 Å². The Labute approximate surface area is 169 Å². The van der Waals surface area contributed by atoms with Crippen molar-refractivity contribution in [3.8, 4) is 0 Å². The molecule has 0 saturated heterocycles. The van der Waals surface area contributed by atoms with Crippen LogP contribution in [0.5, 0.6) is 0 Å². The van der Waals surface area contributed by atoms with Crippen LogP contribution in [0.2, 0.25) is 0 Å². The first-order chi connectivity index (χ1) is 14.2. The summed E-state index contributed by atoms with van der Waals surface area (Å²) in [5.74, 6) is -0.542. The van der Waals surface area contributed by atoms with Crippen LogP contribution in [0.15, 0.2) is 66.9 Å². The number of hydrogen-bond donors (Lipinski definition) is 4. The van der Waals surface area contributed by atoms with Crippen molar-refractivity contribution in [3.05, 3.63) is 83.8 Å². The highest BCUT2D eigenvalue weighted by atomic mass is 19.1. The van der Waals surface area contributed by atoms with Gasteiger partial charge in [0, 0.05) is 24.9 Å². The average Bonchev–Trinajstić information content (AvgIpc) is 2.78. The second kappa shape index (κ2) is 10.5. The molecule has 152 valence electrons. The second-order valence-corrected chi connectivity index (χ2v) is 6.73. The molecule has 6 nitrogen and oxygen atoms in total. The zero-order chi connectivity index (χ0) is 20.5. The predicted molar refractivity (Wildman–Crippen MR) is 112 cm³/mol. The number of rotatable bonds is 10. The molecule has 0 radical (unpaired) electrons. The minimum Gasteiger partial charge on any atom is -0.396 e. The summed E-state index contributed by atoms with van der Waals surface area (Å²) in [5.41, 5.74) is 1.96. The molecule has 0 aliphatic heterocycles. The molecule has 3 rings (SSSR count). The summed E-state index contributed by atoms with van der Waals surface area (Å²) >= 11 is 0. The van der Waals surface area contributed by atoms with Crippen molar-refractivity contribution in [2.45, 2.75) is 11.8 Å². The molecule has 1 aromatic heterocycles. The van der Waals surface area contributed by atoms with E-state index in [4.69, 9.17) is 0 Å². The fraction of sp³-hybridized carbons (Fsp3) is 0.273. The van der Waals surface area contributed by atoms with Crippen molar-refractivity contribution in [2.24, 2.45) is 0 Å². The van der Waals surface area contributed by atoms with Gasteiger partial charge in [-0.2, -0.15) is 4.98 Å². The number of anilines is 2. The summed E-state index contributed by atoms with van der Waals surface area (Å²) in [6.45, 7) is 0.648. The van der Waals surface area contributed by atoms with Crippen LogP contribution in [-0.4, -0.2) is 46.5 Å². The number of aliphatic hydroxyl groups excluding tert-OH is 2. The van der Waals surface area contributed by atoms with Gasteiger partial charge >= 0.3 is 0 Å². The van der Waals surface area contributed by atoms with E-state index >= 15 is 0 Å². The summed E-state index contributed by atoms with van der Waals surface area (Å²) in [7, 11) is 0. The predicted octanol–water partition coefficient (Wildman–Crippen LogP) is 2.99. The van der Waals surface area contributed by atoms with Gasteiger partial charge in [0.2, 0.25) is 5.95 Å². The lowest BCUT2D eigenvalue weighted by Gasteiger charge is -2.17. The third-order valence-corrected chi connectivity index (χ3v) is 4.75. The first-order valence-electron chi connectivity index (χ1n) is 9.53. The summed E-state index contributed by atoms with van der Waals surface area (Å²) in [6.07, 6.45) is 1.10. The lowest BCUT2D eigenvalue weighted by atomic mass is 10.0. The molecule has 3 aromatic rings. The largest absolute Gasteiger partial charge is 0.396 e. The Hall–Kier alpha value is -3.03. The van der Waals surface area contributed by atoms with Crippen molar-refractivity contribution in [2.75, 3.05) is 36.9 Å². The van der Waals surface area contributed by atoms with E-state index in [1.807, 2.05) is 60.7 Å². The van der Waals surface area contributed by atoms with E-state index in [-0.39, 0.29) is 36.8 Å². The molecule has 0 amide bonds. The van der Waals surface area contributed by atoms with E-state index in [1.54, 1.807) is 0 Å². The van der Waals surface area contributed by atoms with Crippen LogP contribution in [-0.2, 0) is 0 Å². The Morgan fingerprint density at radius 1 is 0.793 bits per heavy atom. The molecule has 4 N–H and O–H groups in total. The van der Waals surface area contributed by atoms with Crippen LogP contribution < -0.4 is 10.6 Å². The second-order valence-electron chi connectivity index (χ2n) is 6.73. The van der Waals surface area contributed by atoms with Gasteiger partial charge in [-0.3, -0.25) is 0 Å². The Morgan fingerprint density at radius 2 is 1.31 bits per heavy atom. The fourth-order valence-electron chi connectivity index (χ4n) is 3.04. The van der Waals surface area contributed by atoms with Gasteiger partial charge in [-0.25, -0.2) is 9.37 Å². The number of nitrogens with one attached hydrogen (secondary N) is 2.